The maximum absolute atomic E-state index is 13.2. The van der Waals surface area contributed by atoms with Crippen molar-refractivity contribution in [3.63, 3.8) is 0 Å². The van der Waals surface area contributed by atoms with Gasteiger partial charge >= 0.3 is 0 Å². The summed E-state index contributed by atoms with van der Waals surface area (Å²) in [5, 5.41) is 0.663. The molecule has 4 rings (SSSR count). The Kier molecular flexibility index (Phi) is 7.23. The summed E-state index contributed by atoms with van der Waals surface area (Å²) in [6.07, 6.45) is 1.78. The third kappa shape index (κ3) is 5.16. The Morgan fingerprint density at radius 1 is 1.00 bits per heavy atom. The summed E-state index contributed by atoms with van der Waals surface area (Å²) < 4.78 is 17.3. The highest BCUT2D eigenvalue weighted by Crippen LogP contribution is 2.39. The number of para-hydroxylation sites is 1. The lowest BCUT2D eigenvalue weighted by molar-refractivity contribution is -0.113. The second-order valence-corrected chi connectivity index (χ2v) is 9.12. The molecule has 0 saturated carbocycles. The Balaban J connectivity index is 1.61. The molecule has 1 aliphatic heterocycles. The number of ether oxygens (including phenoxy) is 3. The van der Waals surface area contributed by atoms with Crippen LogP contribution in [0.4, 0.5) is 5.69 Å². The van der Waals surface area contributed by atoms with Crippen LogP contribution in [0.15, 0.2) is 71.6 Å². The van der Waals surface area contributed by atoms with Crippen LogP contribution < -0.4 is 19.1 Å². The van der Waals surface area contributed by atoms with Crippen LogP contribution in [-0.2, 0) is 11.4 Å². The molecule has 0 radical (unpaired) electrons. The van der Waals surface area contributed by atoms with Crippen LogP contribution in [0.3, 0.4) is 0 Å². The number of hydrogen-bond donors (Lipinski definition) is 0. The van der Waals surface area contributed by atoms with E-state index in [9.17, 15) is 4.79 Å². The Bertz CT molecular complexity index is 1210. The van der Waals surface area contributed by atoms with Crippen LogP contribution in [-0.4, -0.2) is 24.4 Å². The SMILES string of the molecule is COc1ccc(N2C(=O)/C(=C/c3cccc(OC)c3OCc3ccc(Cl)cc3)SC2=S)cc1. The van der Waals surface area contributed by atoms with Crippen molar-refractivity contribution in [1.29, 1.82) is 0 Å². The lowest BCUT2D eigenvalue weighted by Crippen LogP contribution is -2.27. The standard InChI is InChI=1S/C25H20ClNO4S2/c1-29-20-12-10-19(11-13-20)27-24(28)22(33-25(27)32)14-17-4-3-5-21(30-2)23(17)31-15-16-6-8-18(26)9-7-16/h3-14H,15H2,1-2H3/b22-14-. The summed E-state index contributed by atoms with van der Waals surface area (Å²) >= 11 is 12.7. The van der Waals surface area contributed by atoms with Gasteiger partial charge in [-0.25, -0.2) is 0 Å². The van der Waals surface area contributed by atoms with Gasteiger partial charge in [0.25, 0.3) is 5.91 Å². The lowest BCUT2D eigenvalue weighted by atomic mass is 10.1. The Morgan fingerprint density at radius 3 is 2.39 bits per heavy atom. The van der Waals surface area contributed by atoms with Crippen molar-refractivity contribution in [2.75, 3.05) is 19.1 Å². The number of hydrogen-bond acceptors (Lipinski definition) is 6. The normalized spacial score (nSPS) is 14.6. The minimum absolute atomic E-state index is 0.193. The van der Waals surface area contributed by atoms with E-state index in [1.165, 1.54) is 16.7 Å². The number of carbonyl (C=O) groups is 1. The molecule has 8 heteroatoms. The van der Waals surface area contributed by atoms with Gasteiger partial charge in [-0.1, -0.05) is 59.8 Å². The first-order chi connectivity index (χ1) is 16.0. The minimum Gasteiger partial charge on any atom is -0.497 e. The fourth-order valence-corrected chi connectivity index (χ4v) is 4.68. The largest absolute Gasteiger partial charge is 0.497 e. The van der Waals surface area contributed by atoms with Gasteiger partial charge in [0.1, 0.15) is 12.4 Å². The number of amides is 1. The Morgan fingerprint density at radius 2 is 1.73 bits per heavy atom. The molecule has 33 heavy (non-hydrogen) atoms. The summed E-state index contributed by atoms with van der Waals surface area (Å²) in [5.41, 5.74) is 2.37. The summed E-state index contributed by atoms with van der Waals surface area (Å²) in [7, 11) is 3.18. The number of thiocarbonyl (C=S) groups is 1. The fraction of sp³-hybridized carbons (Fsp3) is 0.120. The highest BCUT2D eigenvalue weighted by molar-refractivity contribution is 8.27. The number of carbonyl (C=O) groups excluding carboxylic acids is 1. The van der Waals surface area contributed by atoms with Crippen molar-refractivity contribution in [3.8, 4) is 17.2 Å². The second kappa shape index (κ2) is 10.3. The van der Waals surface area contributed by atoms with Gasteiger partial charge in [-0.3, -0.25) is 9.69 Å². The average Bonchev–Trinajstić information content (AvgIpc) is 3.11. The van der Waals surface area contributed by atoms with Gasteiger partial charge in [0.05, 0.1) is 24.8 Å². The van der Waals surface area contributed by atoms with Crippen LogP contribution in [0, 0.1) is 0 Å². The zero-order valence-corrected chi connectivity index (χ0v) is 20.3. The lowest BCUT2D eigenvalue weighted by Gasteiger charge is -2.15. The first-order valence-electron chi connectivity index (χ1n) is 9.96. The van der Waals surface area contributed by atoms with Crippen molar-refractivity contribution >= 4 is 57.6 Å². The van der Waals surface area contributed by atoms with E-state index in [0.29, 0.717) is 43.8 Å². The second-order valence-electron chi connectivity index (χ2n) is 7.01. The molecule has 5 nitrogen and oxygen atoms in total. The van der Waals surface area contributed by atoms with Crippen LogP contribution in [0.1, 0.15) is 11.1 Å². The van der Waals surface area contributed by atoms with Gasteiger partial charge in [-0.15, -0.1) is 0 Å². The number of methoxy groups -OCH3 is 2. The fourth-order valence-electron chi connectivity index (χ4n) is 3.26. The highest BCUT2D eigenvalue weighted by Gasteiger charge is 2.33. The number of thioether (sulfide) groups is 1. The molecule has 3 aromatic rings. The van der Waals surface area contributed by atoms with Crippen LogP contribution >= 0.6 is 35.6 Å². The van der Waals surface area contributed by atoms with E-state index in [-0.39, 0.29) is 5.91 Å². The number of rotatable bonds is 7. The maximum atomic E-state index is 13.2. The highest BCUT2D eigenvalue weighted by atomic mass is 35.5. The topological polar surface area (TPSA) is 48.0 Å². The quantitative estimate of drug-likeness (QED) is 0.280. The molecule has 1 heterocycles. The molecule has 0 atom stereocenters. The average molecular weight is 498 g/mol. The van der Waals surface area contributed by atoms with E-state index in [0.717, 1.165) is 11.1 Å². The van der Waals surface area contributed by atoms with E-state index in [1.54, 1.807) is 44.6 Å². The van der Waals surface area contributed by atoms with E-state index in [2.05, 4.69) is 0 Å². The van der Waals surface area contributed by atoms with E-state index in [1.807, 2.05) is 42.5 Å². The maximum Gasteiger partial charge on any atom is 0.270 e. The molecule has 1 aliphatic rings. The predicted octanol–water partition coefficient (Wildman–Crippen LogP) is 6.34. The third-order valence-electron chi connectivity index (χ3n) is 4.94. The zero-order valence-electron chi connectivity index (χ0n) is 17.9. The molecule has 0 aliphatic carbocycles. The van der Waals surface area contributed by atoms with Crippen LogP contribution in [0.25, 0.3) is 6.08 Å². The molecule has 1 fully saturated rings. The first-order valence-corrected chi connectivity index (χ1v) is 11.6. The molecule has 0 unspecified atom stereocenters. The Hall–Kier alpha value is -3.00. The van der Waals surface area contributed by atoms with Crippen molar-refractivity contribution in [3.05, 3.63) is 87.8 Å². The van der Waals surface area contributed by atoms with Gasteiger partial charge in [0, 0.05) is 10.6 Å². The van der Waals surface area contributed by atoms with Crippen molar-refractivity contribution in [2.24, 2.45) is 0 Å². The molecule has 0 bridgehead atoms. The molecular weight excluding hydrogens is 478 g/mol. The monoisotopic (exact) mass is 497 g/mol. The molecule has 0 N–H and O–H groups in total. The summed E-state index contributed by atoms with van der Waals surface area (Å²) in [6.45, 7) is 0.325. The van der Waals surface area contributed by atoms with E-state index >= 15 is 0 Å². The molecule has 1 amide bonds. The van der Waals surface area contributed by atoms with Crippen molar-refractivity contribution in [2.45, 2.75) is 6.61 Å². The smallest absolute Gasteiger partial charge is 0.270 e. The van der Waals surface area contributed by atoms with Gasteiger partial charge in [0.15, 0.2) is 15.8 Å². The molecule has 3 aromatic carbocycles. The molecule has 168 valence electrons. The summed E-state index contributed by atoms with van der Waals surface area (Å²) in [6, 6.07) is 20.2. The predicted molar refractivity (Wildman–Crippen MR) is 137 cm³/mol. The van der Waals surface area contributed by atoms with Gasteiger partial charge in [-0.2, -0.15) is 0 Å². The van der Waals surface area contributed by atoms with Crippen LogP contribution in [0.2, 0.25) is 5.02 Å². The molecule has 0 aromatic heterocycles. The number of nitrogens with zero attached hydrogens (tertiary/aromatic N) is 1. The number of benzene rings is 3. The zero-order chi connectivity index (χ0) is 23.4. The van der Waals surface area contributed by atoms with Crippen molar-refractivity contribution in [1.82, 2.24) is 0 Å². The third-order valence-corrected chi connectivity index (χ3v) is 6.49. The molecule has 0 spiro atoms. The van der Waals surface area contributed by atoms with E-state index < -0.39 is 0 Å². The Labute approximate surface area is 206 Å². The summed E-state index contributed by atoms with van der Waals surface area (Å²) in [4.78, 5) is 15.2. The number of anilines is 1. The van der Waals surface area contributed by atoms with Crippen LogP contribution in [0.5, 0.6) is 17.2 Å². The van der Waals surface area contributed by atoms with E-state index in [4.69, 9.17) is 38.0 Å². The molecule has 1 saturated heterocycles. The first kappa shape index (κ1) is 23.2. The van der Waals surface area contributed by atoms with Crippen molar-refractivity contribution < 1.29 is 19.0 Å². The molecular formula is C25H20ClNO4S2. The van der Waals surface area contributed by atoms with Gasteiger partial charge in [-0.05, 0) is 54.1 Å². The number of halogens is 1. The van der Waals surface area contributed by atoms with Gasteiger partial charge in [0.2, 0.25) is 0 Å². The van der Waals surface area contributed by atoms with Gasteiger partial charge < -0.3 is 14.2 Å². The summed E-state index contributed by atoms with van der Waals surface area (Å²) in [5.74, 6) is 1.63. The minimum atomic E-state index is -0.193.